The first-order valence-corrected chi connectivity index (χ1v) is 9.60. The predicted molar refractivity (Wildman–Crippen MR) is 100 cm³/mol. The van der Waals surface area contributed by atoms with E-state index in [4.69, 9.17) is 0 Å². The third-order valence-electron chi connectivity index (χ3n) is 5.71. The van der Waals surface area contributed by atoms with Crippen molar-refractivity contribution in [2.45, 2.75) is 57.7 Å². The number of hydrogen-bond donors (Lipinski definition) is 0. The SMILES string of the molecule is Cn1ccc(CN2CCCC2Cn2nc3c(cc2=O)CCCC3)cc1=O. The van der Waals surface area contributed by atoms with E-state index in [2.05, 4.69) is 10.00 Å². The zero-order valence-corrected chi connectivity index (χ0v) is 15.4. The van der Waals surface area contributed by atoms with Crippen LogP contribution in [-0.2, 0) is 33.0 Å². The zero-order chi connectivity index (χ0) is 18.1. The summed E-state index contributed by atoms with van der Waals surface area (Å²) >= 11 is 0. The van der Waals surface area contributed by atoms with Gasteiger partial charge in [-0.1, -0.05) is 0 Å². The van der Waals surface area contributed by atoms with E-state index in [1.165, 1.54) is 0 Å². The average Bonchev–Trinajstić information content (AvgIpc) is 3.05. The van der Waals surface area contributed by atoms with Gasteiger partial charge in [0.2, 0.25) is 0 Å². The first kappa shape index (κ1) is 17.2. The molecule has 0 saturated carbocycles. The van der Waals surface area contributed by atoms with Gasteiger partial charge in [-0.3, -0.25) is 14.5 Å². The molecule has 2 aromatic heterocycles. The Morgan fingerprint density at radius 1 is 1.12 bits per heavy atom. The Hall–Kier alpha value is -2.21. The average molecular weight is 354 g/mol. The fourth-order valence-corrected chi connectivity index (χ4v) is 4.16. The Labute approximate surface area is 153 Å². The smallest absolute Gasteiger partial charge is 0.267 e. The number of aryl methyl sites for hydroxylation is 3. The molecule has 0 radical (unpaired) electrons. The Balaban J connectivity index is 1.51. The topological polar surface area (TPSA) is 60.1 Å². The highest BCUT2D eigenvalue weighted by atomic mass is 16.1. The van der Waals surface area contributed by atoms with E-state index in [1.807, 2.05) is 12.3 Å². The maximum Gasteiger partial charge on any atom is 0.267 e. The van der Waals surface area contributed by atoms with E-state index in [9.17, 15) is 9.59 Å². The normalized spacial score (nSPS) is 20.3. The van der Waals surface area contributed by atoms with Crippen molar-refractivity contribution in [1.82, 2.24) is 19.2 Å². The fourth-order valence-electron chi connectivity index (χ4n) is 4.16. The van der Waals surface area contributed by atoms with E-state index >= 15 is 0 Å². The number of rotatable bonds is 4. The van der Waals surface area contributed by atoms with Gasteiger partial charge in [0.1, 0.15) is 0 Å². The summed E-state index contributed by atoms with van der Waals surface area (Å²) in [7, 11) is 1.76. The Kier molecular flexibility index (Phi) is 4.76. The number of likely N-dealkylation sites (tertiary alicyclic amines) is 1. The molecule has 1 aliphatic carbocycles. The van der Waals surface area contributed by atoms with Crippen molar-refractivity contribution in [3.63, 3.8) is 0 Å². The molecule has 26 heavy (non-hydrogen) atoms. The molecule has 0 N–H and O–H groups in total. The van der Waals surface area contributed by atoms with Gasteiger partial charge in [0, 0.05) is 38.0 Å². The summed E-state index contributed by atoms with van der Waals surface area (Å²) in [6.45, 7) is 2.39. The van der Waals surface area contributed by atoms with Crippen LogP contribution in [0.5, 0.6) is 0 Å². The van der Waals surface area contributed by atoms with E-state index in [0.29, 0.717) is 12.6 Å². The lowest BCUT2D eigenvalue weighted by atomic mass is 9.97. The molecule has 1 atom stereocenters. The summed E-state index contributed by atoms with van der Waals surface area (Å²) < 4.78 is 3.25. The van der Waals surface area contributed by atoms with Crippen LogP contribution >= 0.6 is 0 Å². The second-order valence-electron chi connectivity index (χ2n) is 7.59. The van der Waals surface area contributed by atoms with E-state index in [0.717, 1.165) is 68.4 Å². The highest BCUT2D eigenvalue weighted by molar-refractivity contribution is 5.20. The fraction of sp³-hybridized carbons (Fsp3) is 0.550. The summed E-state index contributed by atoms with van der Waals surface area (Å²) in [5.41, 5.74) is 3.32. The second kappa shape index (κ2) is 7.19. The first-order chi connectivity index (χ1) is 12.6. The van der Waals surface area contributed by atoms with Crippen molar-refractivity contribution in [2.24, 2.45) is 7.05 Å². The lowest BCUT2D eigenvalue weighted by Crippen LogP contribution is -2.37. The summed E-state index contributed by atoms with van der Waals surface area (Å²) in [6, 6.07) is 5.80. The summed E-state index contributed by atoms with van der Waals surface area (Å²) in [5.74, 6) is 0. The molecule has 2 aromatic rings. The van der Waals surface area contributed by atoms with Crippen molar-refractivity contribution >= 4 is 0 Å². The van der Waals surface area contributed by atoms with Gasteiger partial charge in [-0.25, -0.2) is 4.68 Å². The number of nitrogens with zero attached hydrogens (tertiary/aromatic N) is 4. The third-order valence-corrected chi connectivity index (χ3v) is 5.71. The lowest BCUT2D eigenvalue weighted by Gasteiger charge is -2.25. The molecular weight excluding hydrogens is 328 g/mol. The van der Waals surface area contributed by atoms with Crippen LogP contribution in [0.4, 0.5) is 0 Å². The van der Waals surface area contributed by atoms with Gasteiger partial charge in [-0.2, -0.15) is 5.10 Å². The molecule has 0 bridgehead atoms. The second-order valence-corrected chi connectivity index (χ2v) is 7.59. The van der Waals surface area contributed by atoms with Gasteiger partial charge in [0.05, 0.1) is 12.2 Å². The first-order valence-electron chi connectivity index (χ1n) is 9.60. The van der Waals surface area contributed by atoms with Crippen molar-refractivity contribution in [3.05, 3.63) is 61.9 Å². The predicted octanol–water partition coefficient (Wildman–Crippen LogP) is 1.49. The third kappa shape index (κ3) is 3.51. The number of aromatic nitrogens is 3. The minimum Gasteiger partial charge on any atom is -0.319 e. The van der Waals surface area contributed by atoms with Gasteiger partial charge < -0.3 is 4.57 Å². The Bertz CT molecular complexity index is 915. The molecule has 138 valence electrons. The van der Waals surface area contributed by atoms with Crippen LogP contribution < -0.4 is 11.1 Å². The largest absolute Gasteiger partial charge is 0.319 e. The van der Waals surface area contributed by atoms with Gasteiger partial charge in [-0.05, 0) is 62.3 Å². The highest BCUT2D eigenvalue weighted by Gasteiger charge is 2.26. The van der Waals surface area contributed by atoms with Gasteiger partial charge in [0.15, 0.2) is 0 Å². The molecule has 0 spiro atoms. The van der Waals surface area contributed by atoms with Crippen LogP contribution in [0.1, 0.15) is 42.5 Å². The minimum absolute atomic E-state index is 0.0193. The van der Waals surface area contributed by atoms with Crippen molar-refractivity contribution in [2.75, 3.05) is 6.54 Å². The van der Waals surface area contributed by atoms with Crippen LogP contribution in [0.25, 0.3) is 0 Å². The van der Waals surface area contributed by atoms with Crippen LogP contribution in [0.3, 0.4) is 0 Å². The van der Waals surface area contributed by atoms with Crippen LogP contribution in [0.15, 0.2) is 34.0 Å². The van der Waals surface area contributed by atoms with E-state index < -0.39 is 0 Å². The van der Waals surface area contributed by atoms with Gasteiger partial charge >= 0.3 is 0 Å². The number of hydrogen-bond acceptors (Lipinski definition) is 4. The molecule has 6 nitrogen and oxygen atoms in total. The molecule has 6 heteroatoms. The van der Waals surface area contributed by atoms with Crippen molar-refractivity contribution in [1.29, 1.82) is 0 Å². The quantitative estimate of drug-likeness (QED) is 0.835. The van der Waals surface area contributed by atoms with Crippen LogP contribution in [0, 0.1) is 0 Å². The molecule has 1 fully saturated rings. The molecule has 1 aliphatic heterocycles. The maximum absolute atomic E-state index is 12.5. The maximum atomic E-state index is 12.5. The summed E-state index contributed by atoms with van der Waals surface area (Å²) in [6.07, 6.45) is 8.29. The Morgan fingerprint density at radius 3 is 2.81 bits per heavy atom. The van der Waals surface area contributed by atoms with E-state index in [1.54, 1.807) is 28.4 Å². The Morgan fingerprint density at radius 2 is 1.96 bits per heavy atom. The highest BCUT2D eigenvalue weighted by Crippen LogP contribution is 2.21. The molecule has 1 saturated heterocycles. The molecule has 3 heterocycles. The number of pyridine rings is 1. The summed E-state index contributed by atoms with van der Waals surface area (Å²) in [5, 5.41) is 4.67. The van der Waals surface area contributed by atoms with Gasteiger partial charge in [0.25, 0.3) is 11.1 Å². The minimum atomic E-state index is 0.0193. The molecule has 2 aliphatic rings. The van der Waals surface area contributed by atoms with E-state index in [-0.39, 0.29) is 11.1 Å². The molecule has 1 unspecified atom stereocenters. The van der Waals surface area contributed by atoms with Crippen molar-refractivity contribution < 1.29 is 0 Å². The lowest BCUT2D eigenvalue weighted by molar-refractivity contribution is 0.216. The monoisotopic (exact) mass is 354 g/mol. The molecule has 0 amide bonds. The standard InChI is InChI=1S/C20H26N4O2/c1-22-10-8-15(11-19(22)25)13-23-9-4-6-17(23)14-24-20(26)12-16-5-2-3-7-18(16)21-24/h8,10-12,17H,2-7,9,13-14H2,1H3. The number of fused-ring (bicyclic) bond motifs is 1. The molecular formula is C20H26N4O2. The molecule has 0 aromatic carbocycles. The van der Waals surface area contributed by atoms with Crippen LogP contribution in [0.2, 0.25) is 0 Å². The van der Waals surface area contributed by atoms with Gasteiger partial charge in [-0.15, -0.1) is 0 Å². The van der Waals surface area contributed by atoms with Crippen molar-refractivity contribution in [3.8, 4) is 0 Å². The van der Waals surface area contributed by atoms with Crippen LogP contribution in [-0.4, -0.2) is 31.8 Å². The molecule has 4 rings (SSSR count). The summed E-state index contributed by atoms with van der Waals surface area (Å²) in [4.78, 5) is 26.7. The zero-order valence-electron chi connectivity index (χ0n) is 15.4.